The lowest BCUT2D eigenvalue weighted by atomic mass is 9.81. The van der Waals surface area contributed by atoms with E-state index in [0.717, 1.165) is 33.6 Å². The number of amides is 1. The van der Waals surface area contributed by atoms with E-state index in [2.05, 4.69) is 10.3 Å². The third-order valence-corrected chi connectivity index (χ3v) is 5.54. The number of carbonyl (C=O) groups excluding carboxylic acids is 1. The molecule has 4 rings (SSSR count). The molecule has 1 amide bonds. The number of rotatable bonds is 4. The number of hydrogen-bond acceptors (Lipinski definition) is 5. The Balaban J connectivity index is 1.91. The molecule has 6 nitrogen and oxygen atoms in total. The number of hydrogen-bond donors (Lipinski definition) is 2. The second kappa shape index (κ2) is 7.31. The number of aromatic nitrogens is 1. The van der Waals surface area contributed by atoms with Gasteiger partial charge in [0.1, 0.15) is 12.0 Å². The average molecular weight is 388 g/mol. The summed E-state index contributed by atoms with van der Waals surface area (Å²) in [4.78, 5) is 19.2. The first kappa shape index (κ1) is 19.1. The molecule has 1 aliphatic heterocycles. The van der Waals surface area contributed by atoms with Crippen molar-refractivity contribution < 1.29 is 9.53 Å². The van der Waals surface area contributed by atoms with Crippen LogP contribution in [0.4, 0.5) is 0 Å². The van der Waals surface area contributed by atoms with Crippen molar-refractivity contribution in [3.8, 4) is 16.9 Å². The molecule has 1 unspecified atom stereocenters. The maximum absolute atomic E-state index is 13.5. The van der Waals surface area contributed by atoms with Crippen molar-refractivity contribution in [2.75, 3.05) is 14.2 Å². The summed E-state index contributed by atoms with van der Waals surface area (Å²) in [5, 5.41) is 3.34. The third-order valence-electron chi connectivity index (χ3n) is 5.54. The van der Waals surface area contributed by atoms with Crippen LogP contribution < -0.4 is 15.8 Å². The lowest BCUT2D eigenvalue weighted by molar-refractivity contribution is -0.131. The molecule has 2 aromatic carbocycles. The van der Waals surface area contributed by atoms with Gasteiger partial charge >= 0.3 is 0 Å². The van der Waals surface area contributed by atoms with Crippen molar-refractivity contribution in [2.45, 2.75) is 18.8 Å². The van der Waals surface area contributed by atoms with Gasteiger partial charge in [-0.2, -0.15) is 0 Å². The standard InChI is InChI=1S/C23H24N4O2/c1-15-12-19(9-10-20(15)29-3)23(21(28)27(2)22(24)26-23)18-8-4-6-16(13-18)17-7-5-11-25-14-17/h4-14,22,26H,24H2,1-3H3/t22?,23-/m0/s1. The van der Waals surface area contributed by atoms with Gasteiger partial charge in [-0.15, -0.1) is 0 Å². The molecule has 1 saturated heterocycles. The van der Waals surface area contributed by atoms with Gasteiger partial charge in [-0.25, -0.2) is 0 Å². The fourth-order valence-corrected chi connectivity index (χ4v) is 3.93. The molecular formula is C23H24N4O2. The van der Waals surface area contributed by atoms with Gasteiger partial charge in [-0.3, -0.25) is 20.8 Å². The van der Waals surface area contributed by atoms with E-state index < -0.39 is 11.8 Å². The van der Waals surface area contributed by atoms with Gasteiger partial charge in [-0.05, 0) is 59.0 Å². The third kappa shape index (κ3) is 3.06. The van der Waals surface area contributed by atoms with E-state index in [9.17, 15) is 4.79 Å². The van der Waals surface area contributed by atoms with Crippen LogP contribution in [0.25, 0.3) is 11.1 Å². The molecule has 3 aromatic rings. The van der Waals surface area contributed by atoms with Gasteiger partial charge < -0.3 is 9.64 Å². The lowest BCUT2D eigenvalue weighted by Crippen LogP contribution is -2.48. The summed E-state index contributed by atoms with van der Waals surface area (Å²) in [5.41, 5.74) is 9.71. The van der Waals surface area contributed by atoms with Crippen LogP contribution in [0.5, 0.6) is 5.75 Å². The molecule has 6 heteroatoms. The molecule has 0 saturated carbocycles. The van der Waals surface area contributed by atoms with Gasteiger partial charge in [0, 0.05) is 19.4 Å². The molecule has 1 fully saturated rings. The Morgan fingerprint density at radius 2 is 1.86 bits per heavy atom. The van der Waals surface area contributed by atoms with Crippen LogP contribution >= 0.6 is 0 Å². The Morgan fingerprint density at radius 3 is 2.48 bits per heavy atom. The van der Waals surface area contributed by atoms with E-state index in [1.807, 2.05) is 67.7 Å². The van der Waals surface area contributed by atoms with E-state index in [1.54, 1.807) is 20.4 Å². The van der Waals surface area contributed by atoms with E-state index >= 15 is 0 Å². The number of ether oxygens (including phenoxy) is 1. The molecule has 1 aliphatic rings. The van der Waals surface area contributed by atoms with Crippen molar-refractivity contribution in [1.29, 1.82) is 0 Å². The van der Waals surface area contributed by atoms with E-state index in [0.29, 0.717) is 0 Å². The van der Waals surface area contributed by atoms with Crippen LogP contribution in [0.1, 0.15) is 16.7 Å². The molecule has 0 bridgehead atoms. The summed E-state index contributed by atoms with van der Waals surface area (Å²) in [5.74, 6) is 0.675. The van der Waals surface area contributed by atoms with E-state index in [-0.39, 0.29) is 5.91 Å². The van der Waals surface area contributed by atoms with Crippen LogP contribution in [0, 0.1) is 6.92 Å². The summed E-state index contributed by atoms with van der Waals surface area (Å²) in [6.07, 6.45) is 2.96. The van der Waals surface area contributed by atoms with Gasteiger partial charge in [0.2, 0.25) is 0 Å². The zero-order valence-electron chi connectivity index (χ0n) is 16.7. The molecule has 3 N–H and O–H groups in total. The first-order valence-electron chi connectivity index (χ1n) is 9.44. The van der Waals surface area contributed by atoms with Crippen molar-refractivity contribution in [3.05, 3.63) is 83.7 Å². The molecular weight excluding hydrogens is 364 g/mol. The molecule has 1 aromatic heterocycles. The number of nitrogens with one attached hydrogen (secondary N) is 1. The highest BCUT2D eigenvalue weighted by Crippen LogP contribution is 2.39. The van der Waals surface area contributed by atoms with Crippen LogP contribution in [-0.4, -0.2) is 36.2 Å². The fraction of sp³-hybridized carbons (Fsp3) is 0.217. The first-order chi connectivity index (χ1) is 14.0. The smallest absolute Gasteiger partial charge is 0.254 e. The van der Waals surface area contributed by atoms with Crippen LogP contribution in [0.15, 0.2) is 67.0 Å². The minimum absolute atomic E-state index is 0.0992. The lowest BCUT2D eigenvalue weighted by Gasteiger charge is -2.29. The molecule has 0 aliphatic carbocycles. The highest BCUT2D eigenvalue weighted by Gasteiger charge is 2.51. The SMILES string of the molecule is COc1ccc([C@]2(c3cccc(-c4cccnc4)c3)NC(N)N(C)C2=O)cc1C. The van der Waals surface area contributed by atoms with Crippen LogP contribution in [0.2, 0.25) is 0 Å². The van der Waals surface area contributed by atoms with Gasteiger partial charge in [0.25, 0.3) is 5.91 Å². The Bertz CT molecular complexity index is 1050. The Labute approximate surface area is 170 Å². The number of nitrogens with zero attached hydrogens (tertiary/aromatic N) is 2. The second-order valence-electron chi connectivity index (χ2n) is 7.26. The normalized spacial score (nSPS) is 21.4. The Kier molecular flexibility index (Phi) is 4.82. The zero-order chi connectivity index (χ0) is 20.6. The summed E-state index contributed by atoms with van der Waals surface area (Å²) < 4.78 is 5.40. The monoisotopic (exact) mass is 388 g/mol. The fourth-order valence-electron chi connectivity index (χ4n) is 3.93. The van der Waals surface area contributed by atoms with Crippen molar-refractivity contribution in [3.63, 3.8) is 0 Å². The van der Waals surface area contributed by atoms with Crippen LogP contribution in [0.3, 0.4) is 0 Å². The first-order valence-corrected chi connectivity index (χ1v) is 9.44. The second-order valence-corrected chi connectivity index (χ2v) is 7.26. The number of carbonyl (C=O) groups is 1. The summed E-state index contributed by atoms with van der Waals surface area (Å²) >= 11 is 0. The largest absolute Gasteiger partial charge is 0.496 e. The van der Waals surface area contributed by atoms with Gasteiger partial charge in [0.05, 0.1) is 7.11 Å². The number of pyridine rings is 1. The quantitative estimate of drug-likeness (QED) is 0.718. The highest BCUT2D eigenvalue weighted by molar-refractivity contribution is 5.94. The van der Waals surface area contributed by atoms with E-state index in [1.165, 1.54) is 4.90 Å². The van der Waals surface area contributed by atoms with Crippen LogP contribution in [-0.2, 0) is 10.3 Å². The molecule has 0 radical (unpaired) electrons. The minimum atomic E-state index is -1.08. The maximum Gasteiger partial charge on any atom is 0.254 e. The summed E-state index contributed by atoms with van der Waals surface area (Å²) in [7, 11) is 3.35. The Morgan fingerprint density at radius 1 is 1.10 bits per heavy atom. The maximum atomic E-state index is 13.5. The molecule has 2 heterocycles. The highest BCUT2D eigenvalue weighted by atomic mass is 16.5. The van der Waals surface area contributed by atoms with E-state index in [4.69, 9.17) is 10.5 Å². The zero-order valence-corrected chi connectivity index (χ0v) is 16.7. The molecule has 0 spiro atoms. The number of methoxy groups -OCH3 is 1. The molecule has 29 heavy (non-hydrogen) atoms. The van der Waals surface area contributed by atoms with Crippen molar-refractivity contribution >= 4 is 5.91 Å². The minimum Gasteiger partial charge on any atom is -0.496 e. The topological polar surface area (TPSA) is 80.5 Å². The Hall–Kier alpha value is -3.22. The number of likely N-dealkylation sites (N-methyl/N-ethyl adjacent to an activating group) is 1. The summed E-state index contributed by atoms with van der Waals surface area (Å²) in [6, 6.07) is 17.6. The van der Waals surface area contributed by atoms with Gasteiger partial charge in [0.15, 0.2) is 5.54 Å². The molecule has 2 atom stereocenters. The van der Waals surface area contributed by atoms with Crippen molar-refractivity contribution in [2.24, 2.45) is 5.73 Å². The van der Waals surface area contributed by atoms with Gasteiger partial charge in [-0.1, -0.05) is 30.3 Å². The number of nitrogens with two attached hydrogens (primary N) is 1. The summed E-state index contributed by atoms with van der Waals surface area (Å²) in [6.45, 7) is 1.96. The predicted octanol–water partition coefficient (Wildman–Crippen LogP) is 2.61. The number of benzene rings is 2. The predicted molar refractivity (Wildman–Crippen MR) is 112 cm³/mol. The van der Waals surface area contributed by atoms with Crippen molar-refractivity contribution in [1.82, 2.24) is 15.2 Å². The molecule has 148 valence electrons. The number of aryl methyl sites for hydroxylation is 1. The average Bonchev–Trinajstić information content (AvgIpc) is 2.99.